The van der Waals surface area contributed by atoms with E-state index in [9.17, 15) is 13.2 Å². The number of hydrogen-bond donors (Lipinski definition) is 1. The van der Waals surface area contributed by atoms with Crippen LogP contribution in [0.2, 0.25) is 0 Å². The molecule has 2 aliphatic rings. The second-order valence-electron chi connectivity index (χ2n) is 6.71. The van der Waals surface area contributed by atoms with Gasteiger partial charge in [-0.05, 0) is 51.2 Å². The van der Waals surface area contributed by atoms with Gasteiger partial charge in [0.2, 0.25) is 0 Å². The number of piperidine rings is 1. The second kappa shape index (κ2) is 5.24. The largest absolute Gasteiger partial charge is 0.391 e. The number of likely N-dealkylation sites (tertiary alicyclic amines) is 1. The van der Waals surface area contributed by atoms with Crippen molar-refractivity contribution in [3.63, 3.8) is 0 Å². The van der Waals surface area contributed by atoms with E-state index in [2.05, 4.69) is 24.1 Å². The molecule has 1 aliphatic carbocycles. The Hall–Kier alpha value is -0.290. The molecule has 0 aromatic carbocycles. The third-order valence-electron chi connectivity index (χ3n) is 5.08. The molecule has 0 aromatic rings. The van der Waals surface area contributed by atoms with Crippen molar-refractivity contribution in [3.8, 4) is 0 Å². The van der Waals surface area contributed by atoms with Gasteiger partial charge in [-0.2, -0.15) is 13.2 Å². The van der Waals surface area contributed by atoms with Gasteiger partial charge in [-0.1, -0.05) is 13.8 Å². The highest BCUT2D eigenvalue weighted by Gasteiger charge is 2.46. The van der Waals surface area contributed by atoms with Gasteiger partial charge < -0.3 is 5.32 Å². The minimum Gasteiger partial charge on any atom is -0.315 e. The van der Waals surface area contributed by atoms with Crippen molar-refractivity contribution in [1.82, 2.24) is 10.2 Å². The molecule has 0 spiro atoms. The summed E-state index contributed by atoms with van der Waals surface area (Å²) in [5.41, 5.74) is 0.236. The Morgan fingerprint density at radius 2 is 1.68 bits per heavy atom. The average Bonchev–Trinajstić information content (AvgIpc) is 2.63. The molecular weight excluding hydrogens is 253 g/mol. The van der Waals surface area contributed by atoms with Crippen molar-refractivity contribution < 1.29 is 13.2 Å². The Kier molecular flexibility index (Phi) is 4.17. The number of nitrogens with zero attached hydrogens (tertiary/aromatic N) is 1. The Labute approximate surface area is 113 Å². The van der Waals surface area contributed by atoms with Crippen LogP contribution in [-0.4, -0.2) is 43.3 Å². The van der Waals surface area contributed by atoms with Crippen molar-refractivity contribution in [2.24, 2.45) is 11.3 Å². The monoisotopic (exact) mass is 278 g/mol. The van der Waals surface area contributed by atoms with Crippen LogP contribution in [-0.2, 0) is 0 Å². The molecule has 2 fully saturated rings. The summed E-state index contributed by atoms with van der Waals surface area (Å²) < 4.78 is 38.0. The fraction of sp³-hybridized carbons (Fsp3) is 1.00. The first-order valence-electron chi connectivity index (χ1n) is 7.24. The molecule has 1 saturated heterocycles. The molecule has 112 valence electrons. The predicted octanol–water partition coefficient (Wildman–Crippen LogP) is 3.04. The van der Waals surface area contributed by atoms with E-state index in [1.165, 1.54) is 0 Å². The molecule has 2 atom stereocenters. The first kappa shape index (κ1) is 15.1. The maximum absolute atomic E-state index is 12.7. The van der Waals surface area contributed by atoms with Crippen LogP contribution in [0.15, 0.2) is 0 Å². The molecule has 19 heavy (non-hydrogen) atoms. The molecule has 1 aliphatic heterocycles. The summed E-state index contributed by atoms with van der Waals surface area (Å²) in [4.78, 5) is 2.28. The van der Waals surface area contributed by atoms with Gasteiger partial charge in [0.15, 0.2) is 0 Å². The van der Waals surface area contributed by atoms with E-state index < -0.39 is 12.1 Å². The van der Waals surface area contributed by atoms with E-state index in [0.717, 1.165) is 12.8 Å². The summed E-state index contributed by atoms with van der Waals surface area (Å²) in [6.07, 6.45) is -1.26. The average molecular weight is 278 g/mol. The van der Waals surface area contributed by atoms with Gasteiger partial charge in [-0.3, -0.25) is 4.90 Å². The third-order valence-corrected chi connectivity index (χ3v) is 5.08. The van der Waals surface area contributed by atoms with Gasteiger partial charge in [0.1, 0.15) is 0 Å². The molecule has 2 rings (SSSR count). The van der Waals surface area contributed by atoms with Crippen LogP contribution in [0.3, 0.4) is 0 Å². The van der Waals surface area contributed by atoms with E-state index in [-0.39, 0.29) is 18.3 Å². The second-order valence-corrected chi connectivity index (χ2v) is 6.71. The molecule has 0 aromatic heterocycles. The van der Waals surface area contributed by atoms with E-state index in [1.54, 1.807) is 0 Å². The maximum Gasteiger partial charge on any atom is 0.391 e. The highest BCUT2D eigenvalue weighted by molar-refractivity contribution is 5.01. The normalized spacial score (nSPS) is 33.8. The molecule has 5 heteroatoms. The van der Waals surface area contributed by atoms with Crippen molar-refractivity contribution in [1.29, 1.82) is 0 Å². The Bertz CT molecular complexity index is 306. The lowest BCUT2D eigenvalue weighted by molar-refractivity contribution is -0.186. The van der Waals surface area contributed by atoms with Gasteiger partial charge in [-0.15, -0.1) is 0 Å². The molecule has 1 N–H and O–H groups in total. The fourth-order valence-electron chi connectivity index (χ4n) is 3.90. The van der Waals surface area contributed by atoms with Crippen LogP contribution in [0.25, 0.3) is 0 Å². The van der Waals surface area contributed by atoms with Crippen molar-refractivity contribution in [2.75, 3.05) is 20.1 Å². The minimum absolute atomic E-state index is 0.236. The summed E-state index contributed by atoms with van der Waals surface area (Å²) in [5, 5.41) is 3.38. The first-order valence-corrected chi connectivity index (χ1v) is 7.24. The molecule has 1 saturated carbocycles. The molecule has 0 amide bonds. The number of alkyl halides is 3. The third kappa shape index (κ3) is 3.07. The summed E-state index contributed by atoms with van der Waals surface area (Å²) in [6.45, 7) is 5.67. The quantitative estimate of drug-likeness (QED) is 0.835. The predicted molar refractivity (Wildman–Crippen MR) is 70.0 cm³/mol. The smallest absolute Gasteiger partial charge is 0.315 e. The molecule has 2 unspecified atom stereocenters. The highest BCUT2D eigenvalue weighted by atomic mass is 19.4. The lowest BCUT2D eigenvalue weighted by Crippen LogP contribution is -2.53. The van der Waals surface area contributed by atoms with Crippen LogP contribution >= 0.6 is 0 Å². The zero-order chi connectivity index (χ0) is 14.3. The highest BCUT2D eigenvalue weighted by Crippen LogP contribution is 2.42. The fourth-order valence-corrected chi connectivity index (χ4v) is 3.90. The molecule has 0 radical (unpaired) electrons. The van der Waals surface area contributed by atoms with Crippen LogP contribution in [0.5, 0.6) is 0 Å². The van der Waals surface area contributed by atoms with Gasteiger partial charge in [-0.25, -0.2) is 0 Å². The molecule has 2 nitrogen and oxygen atoms in total. The standard InChI is InChI=1S/C14H25F3N2/c1-13(2)7-4-11(12(13)18-3)19-8-5-10(6-9-19)14(15,16)17/h10-12,18H,4-9H2,1-3H3. The van der Waals surface area contributed by atoms with Gasteiger partial charge in [0.25, 0.3) is 0 Å². The SMILES string of the molecule is CNC1C(N2CCC(C(F)(F)F)CC2)CCC1(C)C. The topological polar surface area (TPSA) is 15.3 Å². The van der Waals surface area contributed by atoms with E-state index in [0.29, 0.717) is 25.2 Å². The molecular formula is C14H25F3N2. The van der Waals surface area contributed by atoms with Crippen LogP contribution in [0, 0.1) is 11.3 Å². The van der Waals surface area contributed by atoms with Gasteiger partial charge in [0, 0.05) is 12.1 Å². The Morgan fingerprint density at radius 1 is 1.11 bits per heavy atom. The lowest BCUT2D eigenvalue weighted by Gasteiger charge is -2.41. The lowest BCUT2D eigenvalue weighted by atomic mass is 9.85. The van der Waals surface area contributed by atoms with E-state index in [4.69, 9.17) is 0 Å². The van der Waals surface area contributed by atoms with Gasteiger partial charge in [0.05, 0.1) is 5.92 Å². The van der Waals surface area contributed by atoms with Gasteiger partial charge >= 0.3 is 6.18 Å². The summed E-state index contributed by atoms with van der Waals surface area (Å²) in [5.74, 6) is -1.09. The number of nitrogens with one attached hydrogen (secondary N) is 1. The van der Waals surface area contributed by atoms with Crippen LogP contribution in [0.1, 0.15) is 39.5 Å². The Balaban J connectivity index is 1.95. The molecule has 0 bridgehead atoms. The first-order chi connectivity index (χ1) is 8.75. The zero-order valence-electron chi connectivity index (χ0n) is 12.1. The minimum atomic E-state index is -4.01. The van der Waals surface area contributed by atoms with E-state index >= 15 is 0 Å². The Morgan fingerprint density at radius 3 is 2.16 bits per heavy atom. The maximum atomic E-state index is 12.7. The summed E-state index contributed by atoms with van der Waals surface area (Å²) in [7, 11) is 1.97. The number of halogens is 3. The summed E-state index contributed by atoms with van der Waals surface area (Å²) >= 11 is 0. The number of hydrogen-bond acceptors (Lipinski definition) is 2. The summed E-state index contributed by atoms with van der Waals surface area (Å²) in [6, 6.07) is 0.782. The van der Waals surface area contributed by atoms with E-state index in [1.807, 2.05) is 7.05 Å². The van der Waals surface area contributed by atoms with Crippen LogP contribution < -0.4 is 5.32 Å². The number of likely N-dealkylation sites (N-methyl/N-ethyl adjacent to an activating group) is 1. The van der Waals surface area contributed by atoms with Crippen molar-refractivity contribution in [2.45, 2.75) is 57.8 Å². The number of rotatable bonds is 2. The van der Waals surface area contributed by atoms with Crippen molar-refractivity contribution in [3.05, 3.63) is 0 Å². The van der Waals surface area contributed by atoms with Crippen LogP contribution in [0.4, 0.5) is 13.2 Å². The van der Waals surface area contributed by atoms with Crippen molar-refractivity contribution >= 4 is 0 Å². The zero-order valence-corrected chi connectivity index (χ0v) is 12.1. The molecule has 1 heterocycles.